The van der Waals surface area contributed by atoms with Crippen LogP contribution < -0.4 is 10.6 Å². The normalized spacial score (nSPS) is 11.1. The molecule has 1 aromatic carbocycles. The maximum Gasteiger partial charge on any atom is 0.225 e. The molecule has 0 saturated heterocycles. The van der Waals surface area contributed by atoms with E-state index < -0.39 is 0 Å². The van der Waals surface area contributed by atoms with Crippen LogP contribution in [0.1, 0.15) is 62.8 Å². The molecule has 1 heterocycles. The number of benzene rings is 1. The average Bonchev–Trinajstić information content (AvgIpc) is 2.59. The van der Waals surface area contributed by atoms with Crippen molar-refractivity contribution in [2.24, 2.45) is 0 Å². The molecule has 0 radical (unpaired) electrons. The Balaban J connectivity index is 1.93. The van der Waals surface area contributed by atoms with E-state index in [9.17, 15) is 4.79 Å². The summed E-state index contributed by atoms with van der Waals surface area (Å²) in [6.45, 7) is 9.93. The lowest BCUT2D eigenvalue weighted by Gasteiger charge is -2.20. The number of carbonyl (C=O) groups excluding carboxylic acids is 1. The number of para-hydroxylation sites is 1. The molecule has 1 amide bonds. The molecule has 0 bridgehead atoms. The SMILES string of the molecule is CC(C)c1cccc(C(C)C)c1NC(=O)CCNCc1ccccn1. The summed E-state index contributed by atoms with van der Waals surface area (Å²) in [6.07, 6.45) is 2.22. The number of aromatic nitrogens is 1. The van der Waals surface area contributed by atoms with E-state index in [1.54, 1.807) is 6.20 Å². The predicted molar refractivity (Wildman–Crippen MR) is 104 cm³/mol. The number of amides is 1. The zero-order valence-corrected chi connectivity index (χ0v) is 15.7. The van der Waals surface area contributed by atoms with Crippen LogP contribution in [-0.4, -0.2) is 17.4 Å². The Morgan fingerprint density at radius 3 is 2.24 bits per heavy atom. The minimum atomic E-state index is 0.0449. The second-order valence-electron chi connectivity index (χ2n) is 6.92. The average molecular weight is 339 g/mol. The minimum absolute atomic E-state index is 0.0449. The van der Waals surface area contributed by atoms with Gasteiger partial charge >= 0.3 is 0 Å². The van der Waals surface area contributed by atoms with Crippen molar-refractivity contribution in [1.29, 1.82) is 0 Å². The molecule has 4 heteroatoms. The summed E-state index contributed by atoms with van der Waals surface area (Å²) in [5.41, 5.74) is 4.36. The molecule has 0 unspecified atom stereocenters. The summed E-state index contributed by atoms with van der Waals surface area (Å²) in [5, 5.41) is 6.42. The van der Waals surface area contributed by atoms with Gasteiger partial charge in [-0.25, -0.2) is 0 Å². The van der Waals surface area contributed by atoms with Crippen molar-refractivity contribution in [1.82, 2.24) is 10.3 Å². The fourth-order valence-corrected chi connectivity index (χ4v) is 2.82. The third-order valence-electron chi connectivity index (χ3n) is 4.20. The summed E-state index contributed by atoms with van der Waals surface area (Å²) >= 11 is 0. The number of rotatable bonds is 8. The van der Waals surface area contributed by atoms with E-state index in [0.717, 1.165) is 11.4 Å². The van der Waals surface area contributed by atoms with Crippen LogP contribution in [0.2, 0.25) is 0 Å². The summed E-state index contributed by atoms with van der Waals surface area (Å²) in [7, 11) is 0. The fourth-order valence-electron chi connectivity index (χ4n) is 2.82. The zero-order valence-electron chi connectivity index (χ0n) is 15.7. The van der Waals surface area contributed by atoms with Gasteiger partial charge in [-0.05, 0) is 35.1 Å². The highest BCUT2D eigenvalue weighted by atomic mass is 16.1. The fraction of sp³-hybridized carbons (Fsp3) is 0.429. The van der Waals surface area contributed by atoms with Crippen molar-refractivity contribution in [3.63, 3.8) is 0 Å². The van der Waals surface area contributed by atoms with Gasteiger partial charge in [0.25, 0.3) is 0 Å². The van der Waals surface area contributed by atoms with E-state index in [2.05, 4.69) is 61.5 Å². The lowest BCUT2D eigenvalue weighted by Crippen LogP contribution is -2.23. The lowest BCUT2D eigenvalue weighted by atomic mass is 9.92. The largest absolute Gasteiger partial charge is 0.326 e. The Morgan fingerprint density at radius 1 is 1.00 bits per heavy atom. The number of nitrogens with one attached hydrogen (secondary N) is 2. The number of hydrogen-bond donors (Lipinski definition) is 2. The molecule has 0 atom stereocenters. The topological polar surface area (TPSA) is 54.0 Å². The molecule has 0 saturated carbocycles. The van der Waals surface area contributed by atoms with E-state index in [4.69, 9.17) is 0 Å². The first-order valence-corrected chi connectivity index (χ1v) is 9.02. The van der Waals surface area contributed by atoms with Gasteiger partial charge < -0.3 is 10.6 Å². The molecule has 4 nitrogen and oxygen atoms in total. The highest BCUT2D eigenvalue weighted by Gasteiger charge is 2.15. The second-order valence-corrected chi connectivity index (χ2v) is 6.92. The molecular weight excluding hydrogens is 310 g/mol. The Labute approximate surface area is 151 Å². The van der Waals surface area contributed by atoms with Gasteiger partial charge in [0, 0.05) is 31.4 Å². The highest BCUT2D eigenvalue weighted by Crippen LogP contribution is 2.32. The van der Waals surface area contributed by atoms with Gasteiger partial charge in [0.1, 0.15) is 0 Å². The van der Waals surface area contributed by atoms with Crippen LogP contribution in [0.15, 0.2) is 42.6 Å². The molecule has 0 fully saturated rings. The molecule has 0 aliphatic rings. The monoisotopic (exact) mass is 339 g/mol. The molecular formula is C21H29N3O. The van der Waals surface area contributed by atoms with Crippen molar-refractivity contribution in [3.05, 3.63) is 59.4 Å². The molecule has 25 heavy (non-hydrogen) atoms. The van der Waals surface area contributed by atoms with Gasteiger partial charge in [-0.15, -0.1) is 0 Å². The molecule has 0 aliphatic heterocycles. The quantitative estimate of drug-likeness (QED) is 0.699. The van der Waals surface area contributed by atoms with Gasteiger partial charge in [0.05, 0.1) is 5.69 Å². The first-order chi connectivity index (χ1) is 12.0. The van der Waals surface area contributed by atoms with Crippen LogP contribution in [-0.2, 0) is 11.3 Å². The number of carbonyl (C=O) groups is 1. The van der Waals surface area contributed by atoms with Gasteiger partial charge in [-0.3, -0.25) is 9.78 Å². The Bertz CT molecular complexity index is 655. The van der Waals surface area contributed by atoms with Gasteiger partial charge in [-0.2, -0.15) is 0 Å². The minimum Gasteiger partial charge on any atom is -0.326 e. The Morgan fingerprint density at radius 2 is 1.68 bits per heavy atom. The Kier molecular flexibility index (Phi) is 7.14. The highest BCUT2D eigenvalue weighted by molar-refractivity contribution is 5.92. The van der Waals surface area contributed by atoms with Gasteiger partial charge in [-0.1, -0.05) is 52.0 Å². The maximum atomic E-state index is 12.4. The van der Waals surface area contributed by atoms with Crippen molar-refractivity contribution in [2.45, 2.75) is 52.5 Å². The van der Waals surface area contributed by atoms with Crippen LogP contribution in [0.25, 0.3) is 0 Å². The maximum absolute atomic E-state index is 12.4. The van der Waals surface area contributed by atoms with E-state index >= 15 is 0 Å². The predicted octanol–water partition coefficient (Wildman–Crippen LogP) is 4.45. The van der Waals surface area contributed by atoms with Gasteiger partial charge in [0.2, 0.25) is 5.91 Å². The number of pyridine rings is 1. The first-order valence-electron chi connectivity index (χ1n) is 9.02. The molecule has 0 spiro atoms. The van der Waals surface area contributed by atoms with Crippen LogP contribution in [0.5, 0.6) is 0 Å². The van der Waals surface area contributed by atoms with Crippen LogP contribution in [0, 0.1) is 0 Å². The van der Waals surface area contributed by atoms with E-state index in [1.807, 2.05) is 18.2 Å². The lowest BCUT2D eigenvalue weighted by molar-refractivity contribution is -0.116. The van der Waals surface area contributed by atoms with Crippen molar-refractivity contribution < 1.29 is 4.79 Å². The third kappa shape index (κ3) is 5.68. The number of hydrogen-bond acceptors (Lipinski definition) is 3. The van der Waals surface area contributed by atoms with Crippen molar-refractivity contribution in [3.8, 4) is 0 Å². The number of nitrogens with zero attached hydrogens (tertiary/aromatic N) is 1. The van der Waals surface area contributed by atoms with E-state index in [1.165, 1.54) is 11.1 Å². The van der Waals surface area contributed by atoms with Crippen molar-refractivity contribution >= 4 is 11.6 Å². The van der Waals surface area contributed by atoms with E-state index in [0.29, 0.717) is 31.3 Å². The van der Waals surface area contributed by atoms with E-state index in [-0.39, 0.29) is 5.91 Å². The second kappa shape index (κ2) is 9.33. The molecule has 2 N–H and O–H groups in total. The standard InChI is InChI=1S/C21H29N3O/c1-15(2)18-9-7-10-19(16(3)4)21(18)24-20(25)11-13-22-14-17-8-5-6-12-23-17/h5-10,12,15-16,22H,11,13-14H2,1-4H3,(H,24,25). The molecule has 2 aromatic rings. The first kappa shape index (κ1) is 19.1. The Hall–Kier alpha value is -2.20. The molecule has 2 rings (SSSR count). The smallest absolute Gasteiger partial charge is 0.225 e. The molecule has 134 valence electrons. The molecule has 0 aliphatic carbocycles. The third-order valence-corrected chi connectivity index (χ3v) is 4.20. The van der Waals surface area contributed by atoms with Crippen LogP contribution in [0.3, 0.4) is 0 Å². The molecule has 1 aromatic heterocycles. The van der Waals surface area contributed by atoms with Crippen LogP contribution in [0.4, 0.5) is 5.69 Å². The van der Waals surface area contributed by atoms with Crippen molar-refractivity contribution in [2.75, 3.05) is 11.9 Å². The zero-order chi connectivity index (χ0) is 18.2. The summed E-state index contributed by atoms with van der Waals surface area (Å²) in [5.74, 6) is 0.788. The summed E-state index contributed by atoms with van der Waals surface area (Å²) < 4.78 is 0. The van der Waals surface area contributed by atoms with Crippen LogP contribution >= 0.6 is 0 Å². The summed E-state index contributed by atoms with van der Waals surface area (Å²) in [4.78, 5) is 16.7. The summed E-state index contributed by atoms with van der Waals surface area (Å²) in [6, 6.07) is 12.1. The number of anilines is 1. The van der Waals surface area contributed by atoms with Gasteiger partial charge in [0.15, 0.2) is 0 Å².